The lowest BCUT2D eigenvalue weighted by molar-refractivity contribution is -0.153. The fraction of sp³-hybridized carbons (Fsp3) is 0.233. The normalized spacial score (nSPS) is 20.0. The van der Waals surface area contributed by atoms with Gasteiger partial charge < -0.3 is 9.26 Å². The Morgan fingerprint density at radius 2 is 1.56 bits per heavy atom. The molecule has 0 aliphatic carbocycles. The molecule has 3 atom stereocenters. The first-order valence-electron chi connectivity index (χ1n) is 13.0. The number of thioether (sulfide) groups is 1. The Hall–Kier alpha value is -3.36. The SMILES string of the molecule is CCOP(=O)(Cl)OC(C)=C(C(=O)OC(c1ccccc1)c1ccccc1)N1C(=O)C2N=C(Cc3ccccc3)SC21. The molecule has 1 amide bonds. The first-order chi connectivity index (χ1) is 19.8. The third kappa shape index (κ3) is 6.60. The van der Waals surface area contributed by atoms with Crippen LogP contribution in [-0.4, -0.2) is 39.8 Å². The molecule has 0 N–H and O–H groups in total. The minimum atomic E-state index is -4.09. The van der Waals surface area contributed by atoms with Gasteiger partial charge in [-0.3, -0.25) is 19.2 Å². The van der Waals surface area contributed by atoms with E-state index >= 15 is 0 Å². The molecule has 0 saturated carbocycles. The van der Waals surface area contributed by atoms with Gasteiger partial charge >= 0.3 is 12.9 Å². The molecule has 5 rings (SSSR count). The molecule has 3 aromatic rings. The van der Waals surface area contributed by atoms with E-state index in [9.17, 15) is 14.2 Å². The molecule has 2 heterocycles. The average Bonchev–Trinajstić information content (AvgIpc) is 3.34. The molecular weight excluding hydrogens is 583 g/mol. The number of nitrogens with zero attached hydrogens (tertiary/aromatic N) is 2. The molecule has 1 fully saturated rings. The predicted octanol–water partition coefficient (Wildman–Crippen LogP) is 6.88. The molecule has 2 aliphatic heterocycles. The highest BCUT2D eigenvalue weighted by molar-refractivity contribution is 8.14. The molecule has 212 valence electrons. The van der Waals surface area contributed by atoms with Crippen molar-refractivity contribution in [2.45, 2.75) is 37.8 Å². The number of hydrogen-bond acceptors (Lipinski definition) is 8. The van der Waals surface area contributed by atoms with Gasteiger partial charge in [0.1, 0.15) is 11.1 Å². The summed E-state index contributed by atoms with van der Waals surface area (Å²) in [6, 6.07) is 27.7. The van der Waals surface area contributed by atoms with Gasteiger partial charge in [-0.05, 0) is 30.5 Å². The number of esters is 1. The monoisotopic (exact) mass is 610 g/mol. The molecule has 0 aromatic heterocycles. The van der Waals surface area contributed by atoms with Crippen LogP contribution in [0.1, 0.15) is 36.6 Å². The third-order valence-electron chi connectivity index (χ3n) is 6.48. The largest absolute Gasteiger partial charge is 0.476 e. The number of fused-ring (bicyclic) bond motifs is 1. The van der Waals surface area contributed by atoms with Crippen molar-refractivity contribution in [3.05, 3.63) is 119 Å². The second-order valence-electron chi connectivity index (χ2n) is 9.30. The number of benzene rings is 3. The first kappa shape index (κ1) is 29.1. The Labute approximate surface area is 247 Å². The minimum absolute atomic E-state index is 0.0256. The maximum absolute atomic E-state index is 14.0. The number of amides is 1. The zero-order chi connectivity index (χ0) is 29.0. The summed E-state index contributed by atoms with van der Waals surface area (Å²) < 4.78 is 29.3. The maximum Gasteiger partial charge on any atom is 0.476 e. The van der Waals surface area contributed by atoms with E-state index < -0.39 is 36.3 Å². The lowest BCUT2D eigenvalue weighted by Crippen LogP contribution is -2.61. The van der Waals surface area contributed by atoms with Crippen LogP contribution in [0, 0.1) is 0 Å². The van der Waals surface area contributed by atoms with E-state index in [4.69, 9.17) is 25.0 Å². The van der Waals surface area contributed by atoms with E-state index in [1.54, 1.807) is 6.92 Å². The molecule has 0 bridgehead atoms. The lowest BCUT2D eigenvalue weighted by atomic mass is 10.0. The quantitative estimate of drug-likeness (QED) is 0.0768. The van der Waals surface area contributed by atoms with Crippen molar-refractivity contribution in [1.29, 1.82) is 0 Å². The Morgan fingerprint density at radius 1 is 1.00 bits per heavy atom. The number of halogens is 1. The van der Waals surface area contributed by atoms with Crippen LogP contribution in [0.3, 0.4) is 0 Å². The Balaban J connectivity index is 1.46. The van der Waals surface area contributed by atoms with Gasteiger partial charge in [-0.25, -0.2) is 9.36 Å². The van der Waals surface area contributed by atoms with E-state index in [-0.39, 0.29) is 18.1 Å². The van der Waals surface area contributed by atoms with Crippen LogP contribution in [0.15, 0.2) is 107 Å². The highest BCUT2D eigenvalue weighted by Gasteiger charge is 2.56. The Bertz CT molecular complexity index is 1480. The van der Waals surface area contributed by atoms with Crippen LogP contribution in [0.2, 0.25) is 0 Å². The zero-order valence-corrected chi connectivity index (χ0v) is 24.9. The molecule has 11 heteroatoms. The molecule has 41 heavy (non-hydrogen) atoms. The van der Waals surface area contributed by atoms with E-state index in [2.05, 4.69) is 4.99 Å². The van der Waals surface area contributed by atoms with Crippen molar-refractivity contribution in [3.8, 4) is 0 Å². The number of carbonyl (C=O) groups is 2. The summed E-state index contributed by atoms with van der Waals surface area (Å²) in [6.45, 7) is -1.04. The van der Waals surface area contributed by atoms with Gasteiger partial charge in [-0.2, -0.15) is 0 Å². The number of aliphatic imine (C=N–C) groups is 1. The van der Waals surface area contributed by atoms with Gasteiger partial charge in [0.05, 0.1) is 11.7 Å². The summed E-state index contributed by atoms with van der Waals surface area (Å²) in [5, 5.41) is 0.285. The Morgan fingerprint density at radius 3 is 2.12 bits per heavy atom. The molecule has 3 unspecified atom stereocenters. The van der Waals surface area contributed by atoms with Crippen LogP contribution < -0.4 is 0 Å². The molecule has 0 radical (unpaired) electrons. The number of allylic oxidation sites excluding steroid dienone is 1. The first-order valence-corrected chi connectivity index (χ1v) is 16.4. The van der Waals surface area contributed by atoms with E-state index in [0.29, 0.717) is 6.42 Å². The molecular formula is C30H28ClN2O6PS. The highest BCUT2D eigenvalue weighted by Crippen LogP contribution is 2.56. The lowest BCUT2D eigenvalue weighted by Gasteiger charge is -2.42. The summed E-state index contributed by atoms with van der Waals surface area (Å²) in [5.74, 6) is -1.37. The van der Waals surface area contributed by atoms with Crippen molar-refractivity contribution in [3.63, 3.8) is 0 Å². The van der Waals surface area contributed by atoms with Crippen LogP contribution in [0.25, 0.3) is 0 Å². The second-order valence-corrected chi connectivity index (χ2v) is 13.0. The van der Waals surface area contributed by atoms with Crippen LogP contribution >= 0.6 is 30.0 Å². The number of rotatable bonds is 11. The average molecular weight is 611 g/mol. The van der Waals surface area contributed by atoms with Crippen molar-refractivity contribution < 1.29 is 27.9 Å². The zero-order valence-electron chi connectivity index (χ0n) is 22.4. The van der Waals surface area contributed by atoms with Gasteiger partial charge in [-0.1, -0.05) is 103 Å². The fourth-order valence-corrected chi connectivity index (χ4v) is 7.35. The number of likely N-dealkylation sites (tertiary alicyclic amines) is 1. The van der Waals surface area contributed by atoms with E-state index in [0.717, 1.165) is 21.7 Å². The topological polar surface area (TPSA) is 94.5 Å². The van der Waals surface area contributed by atoms with Crippen LogP contribution in [0.4, 0.5) is 0 Å². The summed E-state index contributed by atoms with van der Waals surface area (Å²) in [4.78, 5) is 33.2. The van der Waals surface area contributed by atoms with Crippen LogP contribution in [0.5, 0.6) is 0 Å². The van der Waals surface area contributed by atoms with Gasteiger partial charge in [0.25, 0.3) is 5.91 Å². The standard InChI is InChI=1S/C30H28ClN2O6PS/c1-3-37-40(31,36)39-20(2)26(30(35)38-27(22-15-9-5-10-16-22)23-17-11-6-12-18-23)33-28(34)25-29(33)41-24(32-25)19-21-13-7-4-8-14-21/h4-18,25,27,29H,3,19H2,1-2H3. The van der Waals surface area contributed by atoms with Crippen molar-refractivity contribution in [2.24, 2.45) is 4.99 Å². The summed E-state index contributed by atoms with van der Waals surface area (Å²) in [7, 11) is 0. The molecule has 8 nitrogen and oxygen atoms in total. The van der Waals surface area contributed by atoms with Gasteiger partial charge in [0.2, 0.25) is 0 Å². The van der Waals surface area contributed by atoms with E-state index in [1.807, 2.05) is 91.0 Å². The van der Waals surface area contributed by atoms with Gasteiger partial charge in [0.15, 0.2) is 17.8 Å². The second kappa shape index (κ2) is 12.7. The van der Waals surface area contributed by atoms with Crippen LogP contribution in [-0.2, 0) is 34.4 Å². The summed E-state index contributed by atoms with van der Waals surface area (Å²) in [5.41, 5.74) is 2.33. The van der Waals surface area contributed by atoms with Crippen molar-refractivity contribution >= 4 is 46.9 Å². The molecule has 1 saturated heterocycles. The number of β-lactam (4-membered cyclic amide) rings is 1. The van der Waals surface area contributed by atoms with Gasteiger partial charge in [-0.15, -0.1) is 0 Å². The van der Waals surface area contributed by atoms with Crippen molar-refractivity contribution in [1.82, 2.24) is 4.90 Å². The fourth-order valence-electron chi connectivity index (χ4n) is 4.65. The minimum Gasteiger partial charge on any atom is -0.448 e. The summed E-state index contributed by atoms with van der Waals surface area (Å²) >= 11 is 7.39. The van der Waals surface area contributed by atoms with Crippen molar-refractivity contribution in [2.75, 3.05) is 6.61 Å². The summed E-state index contributed by atoms with van der Waals surface area (Å²) in [6.07, 6.45) is -0.222. The Kier molecular flexibility index (Phi) is 9.00. The van der Waals surface area contributed by atoms with Gasteiger partial charge in [0, 0.05) is 17.7 Å². The number of ether oxygens (including phenoxy) is 1. The molecule has 2 aliphatic rings. The highest BCUT2D eigenvalue weighted by atomic mass is 35.7. The molecule has 3 aromatic carbocycles. The maximum atomic E-state index is 14.0. The molecule has 0 spiro atoms. The van der Waals surface area contributed by atoms with E-state index in [1.165, 1.54) is 23.6 Å². The predicted molar refractivity (Wildman–Crippen MR) is 159 cm³/mol. The number of carbonyl (C=O) groups excluding carboxylic acids is 2. The third-order valence-corrected chi connectivity index (χ3v) is 9.27. The number of hydrogen-bond donors (Lipinski definition) is 0. The smallest absolute Gasteiger partial charge is 0.448 e.